The zero-order chi connectivity index (χ0) is 15.0. The van der Waals surface area contributed by atoms with Crippen molar-refractivity contribution in [2.45, 2.75) is 71.5 Å². The highest BCUT2D eigenvalue weighted by Crippen LogP contribution is 2.39. The fourth-order valence-corrected chi connectivity index (χ4v) is 2.81. The molecule has 1 aliphatic rings. The van der Waals surface area contributed by atoms with Crippen LogP contribution in [0, 0.1) is 5.41 Å². The molecule has 0 aromatic heterocycles. The van der Waals surface area contributed by atoms with Crippen molar-refractivity contribution in [3.05, 3.63) is 29.8 Å². The van der Waals surface area contributed by atoms with E-state index in [1.165, 1.54) is 5.56 Å². The molecule has 0 heterocycles. The van der Waals surface area contributed by atoms with E-state index < -0.39 is 0 Å². The van der Waals surface area contributed by atoms with E-state index in [4.69, 9.17) is 4.74 Å². The van der Waals surface area contributed by atoms with Crippen LogP contribution in [-0.2, 0) is 5.41 Å². The van der Waals surface area contributed by atoms with Crippen molar-refractivity contribution in [1.82, 2.24) is 0 Å². The fourth-order valence-electron chi connectivity index (χ4n) is 2.81. The predicted molar refractivity (Wildman–Crippen MR) is 83.2 cm³/mol. The van der Waals surface area contributed by atoms with Crippen molar-refractivity contribution in [2.24, 2.45) is 5.41 Å². The largest absolute Gasteiger partial charge is 0.488 e. The highest BCUT2D eigenvalue weighted by atomic mass is 16.5. The van der Waals surface area contributed by atoms with Crippen molar-refractivity contribution >= 4 is 0 Å². The number of aliphatic hydroxyl groups excluding tert-OH is 1. The van der Waals surface area contributed by atoms with E-state index in [1.54, 1.807) is 0 Å². The molecule has 2 nitrogen and oxygen atoms in total. The van der Waals surface area contributed by atoms with Crippen LogP contribution < -0.4 is 4.74 Å². The van der Waals surface area contributed by atoms with Crippen LogP contribution in [0.4, 0.5) is 0 Å². The SMILES string of the molecule is CCC(C)(C)c1ccc(OC2CCC(C)(C)C2O)cc1. The normalized spacial score (nSPS) is 25.7. The van der Waals surface area contributed by atoms with Crippen LogP contribution in [-0.4, -0.2) is 17.3 Å². The van der Waals surface area contributed by atoms with Gasteiger partial charge in [-0.3, -0.25) is 0 Å². The molecule has 0 bridgehead atoms. The first-order chi connectivity index (χ1) is 9.26. The van der Waals surface area contributed by atoms with E-state index in [-0.39, 0.29) is 23.0 Å². The maximum absolute atomic E-state index is 10.3. The standard InChI is InChI=1S/C18H28O2/c1-6-17(2,3)13-7-9-14(10-8-13)20-15-11-12-18(4,5)16(15)19/h7-10,15-16,19H,6,11-12H2,1-5H3. The molecule has 112 valence electrons. The number of aliphatic hydroxyl groups is 1. The summed E-state index contributed by atoms with van der Waals surface area (Å²) in [5, 5.41) is 10.3. The molecule has 1 aromatic carbocycles. The summed E-state index contributed by atoms with van der Waals surface area (Å²) in [6, 6.07) is 8.35. The number of benzene rings is 1. The third kappa shape index (κ3) is 3.01. The highest BCUT2D eigenvalue weighted by Gasteiger charge is 2.42. The average molecular weight is 276 g/mol. The summed E-state index contributed by atoms with van der Waals surface area (Å²) in [4.78, 5) is 0. The summed E-state index contributed by atoms with van der Waals surface area (Å²) in [5.41, 5.74) is 1.50. The van der Waals surface area contributed by atoms with Gasteiger partial charge in [0, 0.05) is 0 Å². The van der Waals surface area contributed by atoms with Crippen molar-refractivity contribution in [1.29, 1.82) is 0 Å². The summed E-state index contributed by atoms with van der Waals surface area (Å²) >= 11 is 0. The molecule has 0 spiro atoms. The molecule has 0 saturated heterocycles. The molecule has 0 aliphatic heterocycles. The Kier molecular flexibility index (Phi) is 4.15. The first kappa shape index (κ1) is 15.4. The number of ether oxygens (including phenoxy) is 1. The second kappa shape index (κ2) is 5.40. The fraction of sp³-hybridized carbons (Fsp3) is 0.667. The third-order valence-electron chi connectivity index (χ3n) is 5.03. The highest BCUT2D eigenvalue weighted by molar-refractivity contribution is 5.31. The number of hydrogen-bond acceptors (Lipinski definition) is 2. The van der Waals surface area contributed by atoms with Gasteiger partial charge in [0.25, 0.3) is 0 Å². The minimum absolute atomic E-state index is 0.0329. The van der Waals surface area contributed by atoms with Gasteiger partial charge >= 0.3 is 0 Å². The molecule has 1 fully saturated rings. The van der Waals surface area contributed by atoms with Gasteiger partial charge in [-0.1, -0.05) is 46.8 Å². The molecule has 20 heavy (non-hydrogen) atoms. The van der Waals surface area contributed by atoms with Crippen LogP contribution in [0.3, 0.4) is 0 Å². The van der Waals surface area contributed by atoms with Crippen LogP contribution in [0.1, 0.15) is 59.4 Å². The van der Waals surface area contributed by atoms with E-state index in [2.05, 4.69) is 46.8 Å². The molecule has 2 unspecified atom stereocenters. The predicted octanol–water partition coefficient (Wildman–Crippen LogP) is 4.30. The van der Waals surface area contributed by atoms with E-state index >= 15 is 0 Å². The van der Waals surface area contributed by atoms with Gasteiger partial charge in [0.2, 0.25) is 0 Å². The van der Waals surface area contributed by atoms with Crippen LogP contribution in [0.2, 0.25) is 0 Å². The lowest BCUT2D eigenvalue weighted by Crippen LogP contribution is -2.34. The monoisotopic (exact) mass is 276 g/mol. The molecule has 1 saturated carbocycles. The Labute approximate surface area is 123 Å². The number of hydrogen-bond donors (Lipinski definition) is 1. The van der Waals surface area contributed by atoms with Crippen LogP contribution in [0.25, 0.3) is 0 Å². The molecule has 1 N–H and O–H groups in total. The lowest BCUT2D eigenvalue weighted by molar-refractivity contribution is 0.00492. The van der Waals surface area contributed by atoms with E-state index in [9.17, 15) is 5.11 Å². The topological polar surface area (TPSA) is 29.5 Å². The average Bonchev–Trinajstić information content (AvgIpc) is 2.66. The van der Waals surface area contributed by atoms with E-state index in [1.807, 2.05) is 12.1 Å². The van der Waals surface area contributed by atoms with Crippen LogP contribution in [0.15, 0.2) is 24.3 Å². The molecule has 2 heteroatoms. The van der Waals surface area contributed by atoms with Gasteiger partial charge in [0.05, 0.1) is 6.10 Å². The summed E-state index contributed by atoms with van der Waals surface area (Å²) in [6.45, 7) is 10.9. The molecule has 1 aromatic rings. The van der Waals surface area contributed by atoms with Gasteiger partial charge in [-0.15, -0.1) is 0 Å². The smallest absolute Gasteiger partial charge is 0.125 e. The van der Waals surface area contributed by atoms with Crippen molar-refractivity contribution < 1.29 is 9.84 Å². The van der Waals surface area contributed by atoms with Crippen LogP contribution >= 0.6 is 0 Å². The Morgan fingerprint density at radius 2 is 1.85 bits per heavy atom. The Hall–Kier alpha value is -1.02. The summed E-state index contributed by atoms with van der Waals surface area (Å²) in [5.74, 6) is 0.863. The van der Waals surface area contributed by atoms with Crippen LogP contribution in [0.5, 0.6) is 5.75 Å². The molecular weight excluding hydrogens is 248 g/mol. The van der Waals surface area contributed by atoms with Gasteiger partial charge in [0.1, 0.15) is 11.9 Å². The van der Waals surface area contributed by atoms with Gasteiger partial charge in [-0.05, 0) is 47.8 Å². The molecule has 2 atom stereocenters. The lowest BCUT2D eigenvalue weighted by atomic mass is 9.82. The van der Waals surface area contributed by atoms with Crippen molar-refractivity contribution in [3.8, 4) is 5.75 Å². The molecule has 1 aliphatic carbocycles. The molecule has 0 amide bonds. The summed E-state index contributed by atoms with van der Waals surface area (Å²) in [6.07, 6.45) is 2.60. The quantitative estimate of drug-likeness (QED) is 0.888. The summed E-state index contributed by atoms with van der Waals surface area (Å²) < 4.78 is 5.97. The van der Waals surface area contributed by atoms with Crippen molar-refractivity contribution in [2.75, 3.05) is 0 Å². The van der Waals surface area contributed by atoms with E-state index in [0.29, 0.717) is 0 Å². The van der Waals surface area contributed by atoms with Crippen molar-refractivity contribution in [3.63, 3.8) is 0 Å². The zero-order valence-electron chi connectivity index (χ0n) is 13.4. The molecular formula is C18H28O2. The van der Waals surface area contributed by atoms with Gasteiger partial charge in [-0.25, -0.2) is 0 Å². The minimum Gasteiger partial charge on any atom is -0.488 e. The van der Waals surface area contributed by atoms with E-state index in [0.717, 1.165) is 25.0 Å². The summed E-state index contributed by atoms with van der Waals surface area (Å²) in [7, 11) is 0. The minimum atomic E-state index is -0.380. The Balaban J connectivity index is 2.05. The number of rotatable bonds is 4. The first-order valence-electron chi connectivity index (χ1n) is 7.71. The Morgan fingerprint density at radius 1 is 1.25 bits per heavy atom. The maximum atomic E-state index is 10.3. The second-order valence-electron chi connectivity index (χ2n) is 7.39. The third-order valence-corrected chi connectivity index (χ3v) is 5.03. The van der Waals surface area contributed by atoms with Gasteiger partial charge in [0.15, 0.2) is 0 Å². The molecule has 2 rings (SSSR count). The maximum Gasteiger partial charge on any atom is 0.125 e. The Bertz CT molecular complexity index is 445. The molecule has 0 radical (unpaired) electrons. The zero-order valence-corrected chi connectivity index (χ0v) is 13.4. The Morgan fingerprint density at radius 3 is 2.30 bits per heavy atom. The second-order valence-corrected chi connectivity index (χ2v) is 7.39. The van der Waals surface area contributed by atoms with Gasteiger partial charge < -0.3 is 9.84 Å². The lowest BCUT2D eigenvalue weighted by Gasteiger charge is -2.26. The van der Waals surface area contributed by atoms with Gasteiger partial charge in [-0.2, -0.15) is 0 Å². The first-order valence-corrected chi connectivity index (χ1v) is 7.71.